The Morgan fingerprint density at radius 1 is 0.667 bits per heavy atom. The van der Waals surface area contributed by atoms with Crippen LogP contribution in [-0.2, 0) is 41.7 Å². The second-order valence-corrected chi connectivity index (χ2v) is 13.0. The Morgan fingerprint density at radius 2 is 1.13 bits per heavy atom. The van der Waals surface area contributed by atoms with Crippen molar-refractivity contribution in [2.24, 2.45) is 0 Å². The van der Waals surface area contributed by atoms with Gasteiger partial charge in [-0.1, -0.05) is 139 Å². The van der Waals surface area contributed by atoms with Crippen LogP contribution in [0.1, 0.15) is 27.8 Å². The molecule has 230 valence electrons. The lowest BCUT2D eigenvalue weighted by molar-refractivity contribution is 0.134. The van der Waals surface area contributed by atoms with Crippen LogP contribution >= 0.6 is 0 Å². The molecule has 0 radical (unpaired) electrons. The van der Waals surface area contributed by atoms with E-state index in [1.165, 1.54) is 11.1 Å². The highest BCUT2D eigenvalue weighted by atomic mass is 32.2. The van der Waals surface area contributed by atoms with Crippen molar-refractivity contribution in [2.75, 3.05) is 6.54 Å². The third kappa shape index (κ3) is 10.00. The summed E-state index contributed by atoms with van der Waals surface area (Å²) >= 11 is 0. The molecule has 5 rings (SSSR count). The van der Waals surface area contributed by atoms with Crippen molar-refractivity contribution < 1.29 is 13.7 Å². The van der Waals surface area contributed by atoms with Gasteiger partial charge in [0.25, 0.3) is 0 Å². The summed E-state index contributed by atoms with van der Waals surface area (Å²) in [6, 6.07) is 47.7. The van der Waals surface area contributed by atoms with Gasteiger partial charge >= 0.3 is 6.09 Å². The fraction of sp³-hybridized carbons (Fsp3) is 0.205. The minimum absolute atomic E-state index is 0.157. The van der Waals surface area contributed by atoms with Crippen LogP contribution in [0.4, 0.5) is 4.79 Å². The zero-order chi connectivity index (χ0) is 31.3. The molecule has 5 aromatic carbocycles. The summed E-state index contributed by atoms with van der Waals surface area (Å²) in [4.78, 5) is 16.4. The molecule has 5 nitrogen and oxygen atoms in total. The molecule has 45 heavy (non-hydrogen) atoms. The normalized spacial score (nSPS) is 13.1. The van der Waals surface area contributed by atoms with Crippen molar-refractivity contribution in [3.05, 3.63) is 173 Å². The standard InChI is InChI=1S/C39H40N2O3S/c1-31-22-24-36(25-23-31)45(43)38(29-41(27-33-16-8-3-9-17-33)28-34-18-10-4-11-19-34)37(26-32-14-6-2-7-15-32)40-39(42)44-30-35-20-12-5-13-21-35/h2-25,37-38H,26-30H2,1H3,(H,40,42)/t37-,38+,45-/m0/s1. The average Bonchev–Trinajstić information content (AvgIpc) is 3.08. The van der Waals surface area contributed by atoms with Crippen molar-refractivity contribution >= 4 is 16.9 Å². The summed E-state index contributed by atoms with van der Waals surface area (Å²) in [7, 11) is -1.44. The molecular formula is C39H40N2O3S. The van der Waals surface area contributed by atoms with Crippen LogP contribution in [0, 0.1) is 6.92 Å². The van der Waals surface area contributed by atoms with Crippen LogP contribution < -0.4 is 5.32 Å². The van der Waals surface area contributed by atoms with Gasteiger partial charge in [-0.05, 0) is 47.7 Å². The molecule has 3 atom stereocenters. The highest BCUT2D eigenvalue weighted by molar-refractivity contribution is 7.85. The summed E-state index contributed by atoms with van der Waals surface area (Å²) in [5.74, 6) is 0. The summed E-state index contributed by atoms with van der Waals surface area (Å²) in [5.41, 5.74) is 5.40. The lowest BCUT2D eigenvalue weighted by Crippen LogP contribution is -2.51. The van der Waals surface area contributed by atoms with Gasteiger partial charge in [0.2, 0.25) is 0 Å². The molecule has 0 bridgehead atoms. The van der Waals surface area contributed by atoms with Crippen LogP contribution in [0.2, 0.25) is 0 Å². The van der Waals surface area contributed by atoms with E-state index in [4.69, 9.17) is 4.74 Å². The quantitative estimate of drug-likeness (QED) is 0.139. The number of hydrogen-bond acceptors (Lipinski definition) is 4. The number of ether oxygens (including phenoxy) is 1. The molecule has 0 aliphatic carbocycles. The monoisotopic (exact) mass is 616 g/mol. The van der Waals surface area contributed by atoms with Crippen molar-refractivity contribution in [1.29, 1.82) is 0 Å². The molecule has 0 unspecified atom stereocenters. The first-order valence-electron chi connectivity index (χ1n) is 15.3. The average molecular weight is 617 g/mol. The molecule has 5 aromatic rings. The summed E-state index contributed by atoms with van der Waals surface area (Å²) in [6.45, 7) is 4.02. The Labute approximate surface area is 269 Å². The zero-order valence-corrected chi connectivity index (χ0v) is 26.4. The van der Waals surface area contributed by atoms with Gasteiger partial charge in [-0.15, -0.1) is 0 Å². The molecular weight excluding hydrogens is 577 g/mol. The van der Waals surface area contributed by atoms with E-state index in [-0.39, 0.29) is 6.61 Å². The molecule has 0 aliphatic rings. The maximum absolute atomic E-state index is 14.6. The SMILES string of the molecule is Cc1ccc([S@](=O)[C@H](CN(Cc2ccccc2)Cc2ccccc2)[C@H](Cc2ccccc2)NC(=O)OCc2ccccc2)cc1. The van der Waals surface area contributed by atoms with Gasteiger partial charge in [-0.25, -0.2) is 4.79 Å². The fourth-order valence-electron chi connectivity index (χ4n) is 5.37. The van der Waals surface area contributed by atoms with E-state index in [0.29, 0.717) is 26.1 Å². The van der Waals surface area contributed by atoms with Crippen molar-refractivity contribution in [2.45, 2.75) is 49.2 Å². The third-order valence-corrected chi connectivity index (χ3v) is 9.49. The molecule has 0 fully saturated rings. The highest BCUT2D eigenvalue weighted by Crippen LogP contribution is 2.22. The second kappa shape index (κ2) is 16.5. The molecule has 0 aliphatic heterocycles. The second-order valence-electron chi connectivity index (χ2n) is 11.3. The van der Waals surface area contributed by atoms with E-state index < -0.39 is 28.2 Å². The Bertz CT molecular complexity index is 1570. The number of rotatable bonds is 14. The lowest BCUT2D eigenvalue weighted by atomic mass is 10.0. The van der Waals surface area contributed by atoms with Crippen molar-refractivity contribution in [1.82, 2.24) is 10.2 Å². The van der Waals surface area contributed by atoms with E-state index in [9.17, 15) is 9.00 Å². The van der Waals surface area contributed by atoms with Crippen LogP contribution in [0.5, 0.6) is 0 Å². The number of nitrogens with zero attached hydrogens (tertiary/aromatic N) is 1. The number of hydrogen-bond donors (Lipinski definition) is 1. The Hall–Kier alpha value is -4.52. The molecule has 0 heterocycles. The number of alkyl carbamates (subject to hydrolysis) is 1. The van der Waals surface area contributed by atoms with Gasteiger partial charge in [0.1, 0.15) is 6.61 Å². The first kappa shape index (κ1) is 31.9. The Balaban J connectivity index is 1.48. The predicted octanol–water partition coefficient (Wildman–Crippen LogP) is 7.71. The smallest absolute Gasteiger partial charge is 0.407 e. The van der Waals surface area contributed by atoms with E-state index in [0.717, 1.165) is 21.6 Å². The van der Waals surface area contributed by atoms with Gasteiger partial charge in [0, 0.05) is 24.5 Å². The largest absolute Gasteiger partial charge is 0.445 e. The lowest BCUT2D eigenvalue weighted by Gasteiger charge is -2.33. The maximum atomic E-state index is 14.6. The van der Waals surface area contributed by atoms with Gasteiger partial charge in [0.05, 0.1) is 22.1 Å². The van der Waals surface area contributed by atoms with Crippen molar-refractivity contribution in [3.63, 3.8) is 0 Å². The van der Waals surface area contributed by atoms with Gasteiger partial charge < -0.3 is 10.1 Å². The third-order valence-electron chi connectivity index (χ3n) is 7.73. The molecule has 0 spiro atoms. The van der Waals surface area contributed by atoms with Gasteiger partial charge in [-0.2, -0.15) is 0 Å². The van der Waals surface area contributed by atoms with E-state index in [1.807, 2.05) is 128 Å². The molecule has 0 saturated heterocycles. The first-order valence-corrected chi connectivity index (χ1v) is 16.5. The van der Waals surface area contributed by atoms with Crippen molar-refractivity contribution in [3.8, 4) is 0 Å². The zero-order valence-electron chi connectivity index (χ0n) is 25.6. The number of carbonyl (C=O) groups is 1. The maximum Gasteiger partial charge on any atom is 0.407 e. The van der Waals surface area contributed by atoms with Crippen LogP contribution in [-0.4, -0.2) is 33.0 Å². The van der Waals surface area contributed by atoms with Crippen LogP contribution in [0.15, 0.2) is 150 Å². The number of amides is 1. The molecule has 1 N–H and O–H groups in total. The molecule has 0 saturated carbocycles. The van der Waals surface area contributed by atoms with E-state index >= 15 is 0 Å². The first-order chi connectivity index (χ1) is 22.0. The highest BCUT2D eigenvalue weighted by Gasteiger charge is 2.32. The topological polar surface area (TPSA) is 58.6 Å². The summed E-state index contributed by atoms with van der Waals surface area (Å²) in [5, 5.41) is 2.71. The van der Waals surface area contributed by atoms with E-state index in [2.05, 4.69) is 34.5 Å². The number of benzene rings is 5. The molecule has 0 aromatic heterocycles. The predicted molar refractivity (Wildman–Crippen MR) is 182 cm³/mol. The summed E-state index contributed by atoms with van der Waals surface area (Å²) in [6.07, 6.45) is -0.0167. The number of nitrogens with one attached hydrogen (secondary N) is 1. The van der Waals surface area contributed by atoms with Gasteiger partial charge in [-0.3, -0.25) is 9.11 Å². The van der Waals surface area contributed by atoms with Crippen LogP contribution in [0.3, 0.4) is 0 Å². The molecule has 6 heteroatoms. The van der Waals surface area contributed by atoms with Gasteiger partial charge in [0.15, 0.2) is 0 Å². The fourth-order valence-corrected chi connectivity index (χ4v) is 6.94. The minimum Gasteiger partial charge on any atom is -0.445 e. The number of carbonyl (C=O) groups excluding carboxylic acids is 1. The summed E-state index contributed by atoms with van der Waals surface area (Å²) < 4.78 is 20.3. The van der Waals surface area contributed by atoms with Crippen LogP contribution in [0.25, 0.3) is 0 Å². The Morgan fingerprint density at radius 3 is 1.64 bits per heavy atom. The molecule has 1 amide bonds. The Kier molecular flexibility index (Phi) is 11.7. The minimum atomic E-state index is -1.44. The van der Waals surface area contributed by atoms with E-state index in [1.54, 1.807) is 0 Å². The number of aryl methyl sites for hydroxylation is 1.